The molecule has 3 aromatic rings. The molecule has 0 saturated carbocycles. The van der Waals surface area contributed by atoms with Gasteiger partial charge in [0.25, 0.3) is 6.01 Å². The molecule has 0 bridgehead atoms. The van der Waals surface area contributed by atoms with E-state index < -0.39 is 0 Å². The molecule has 4 rings (SSSR count). The molecule has 0 unspecified atom stereocenters. The van der Waals surface area contributed by atoms with Crippen LogP contribution in [0.1, 0.15) is 31.5 Å². The predicted molar refractivity (Wildman–Crippen MR) is 105 cm³/mol. The standard InChI is InChI=1S/C21H24N4O2/c1-15(2)22-19-9-5-6-12-25(19)20(26)16-10-13-24(14-11-16)21-23-17-7-3-4-8-18(17)27-21/h3-9,12,15-16H,10-11,13-14H2,1-2H3. The van der Waals surface area contributed by atoms with Gasteiger partial charge >= 0.3 is 0 Å². The number of anilines is 1. The molecule has 1 aliphatic rings. The van der Waals surface area contributed by atoms with Crippen LogP contribution in [0.3, 0.4) is 0 Å². The van der Waals surface area contributed by atoms with E-state index in [-0.39, 0.29) is 17.9 Å². The van der Waals surface area contributed by atoms with Gasteiger partial charge in [-0.05, 0) is 51.0 Å². The lowest BCUT2D eigenvalue weighted by Crippen LogP contribution is -2.40. The summed E-state index contributed by atoms with van der Waals surface area (Å²) in [7, 11) is 0. The van der Waals surface area contributed by atoms with Gasteiger partial charge in [-0.3, -0.25) is 14.4 Å². The molecular formula is C21H24N4O2. The Balaban J connectivity index is 1.49. The van der Waals surface area contributed by atoms with E-state index in [2.05, 4.69) is 14.9 Å². The van der Waals surface area contributed by atoms with Crippen LogP contribution >= 0.6 is 0 Å². The number of carbonyl (C=O) groups excluding carboxylic acids is 1. The molecule has 0 spiro atoms. The van der Waals surface area contributed by atoms with Crippen molar-refractivity contribution in [3.63, 3.8) is 0 Å². The molecule has 0 amide bonds. The number of fused-ring (bicyclic) bond motifs is 1. The van der Waals surface area contributed by atoms with Crippen LogP contribution in [0.25, 0.3) is 11.1 Å². The van der Waals surface area contributed by atoms with E-state index in [1.807, 2.05) is 62.5 Å². The molecule has 0 N–H and O–H groups in total. The predicted octanol–water partition coefficient (Wildman–Crippen LogP) is 3.50. The van der Waals surface area contributed by atoms with Crippen molar-refractivity contribution in [1.29, 1.82) is 0 Å². The first-order chi connectivity index (χ1) is 13.1. The number of pyridine rings is 1. The van der Waals surface area contributed by atoms with Gasteiger partial charge in [-0.1, -0.05) is 18.2 Å². The second-order valence-electron chi connectivity index (χ2n) is 7.22. The van der Waals surface area contributed by atoms with Crippen molar-refractivity contribution in [3.05, 3.63) is 54.1 Å². The second-order valence-corrected chi connectivity index (χ2v) is 7.22. The Bertz CT molecular complexity index is 977. The minimum absolute atomic E-state index is 0.0147. The Morgan fingerprint density at radius 2 is 1.89 bits per heavy atom. The molecule has 0 atom stereocenters. The lowest BCUT2D eigenvalue weighted by atomic mass is 9.96. The third-order valence-electron chi connectivity index (χ3n) is 4.86. The number of oxazole rings is 1. The lowest BCUT2D eigenvalue weighted by Gasteiger charge is -2.30. The fourth-order valence-electron chi connectivity index (χ4n) is 3.50. The maximum absolute atomic E-state index is 13.0. The largest absolute Gasteiger partial charge is 0.423 e. The van der Waals surface area contributed by atoms with E-state index in [1.54, 1.807) is 4.57 Å². The highest BCUT2D eigenvalue weighted by Gasteiger charge is 2.28. The summed E-state index contributed by atoms with van der Waals surface area (Å²) in [5.41, 5.74) is 2.38. The third-order valence-corrected chi connectivity index (χ3v) is 4.86. The molecule has 27 heavy (non-hydrogen) atoms. The van der Waals surface area contributed by atoms with Gasteiger partial charge < -0.3 is 9.32 Å². The van der Waals surface area contributed by atoms with Gasteiger partial charge in [-0.2, -0.15) is 4.98 Å². The van der Waals surface area contributed by atoms with Crippen molar-refractivity contribution in [2.45, 2.75) is 32.7 Å². The summed E-state index contributed by atoms with van der Waals surface area (Å²) in [6.45, 7) is 5.54. The minimum atomic E-state index is -0.0147. The first kappa shape index (κ1) is 17.5. The van der Waals surface area contributed by atoms with Crippen LogP contribution in [0.4, 0.5) is 6.01 Å². The monoisotopic (exact) mass is 364 g/mol. The zero-order valence-electron chi connectivity index (χ0n) is 15.7. The number of hydrogen-bond donors (Lipinski definition) is 0. The van der Waals surface area contributed by atoms with Crippen molar-refractivity contribution in [2.75, 3.05) is 18.0 Å². The molecule has 3 heterocycles. The second kappa shape index (κ2) is 7.39. The fraction of sp³-hybridized carbons (Fsp3) is 0.381. The normalized spacial score (nSPS) is 16.4. The van der Waals surface area contributed by atoms with Gasteiger partial charge in [0.2, 0.25) is 5.91 Å². The molecule has 0 aliphatic carbocycles. The number of nitrogens with zero attached hydrogens (tertiary/aromatic N) is 4. The summed E-state index contributed by atoms with van der Waals surface area (Å²) in [6.07, 6.45) is 3.37. The van der Waals surface area contributed by atoms with Gasteiger partial charge in [0.1, 0.15) is 11.0 Å². The van der Waals surface area contributed by atoms with Crippen LogP contribution in [-0.2, 0) is 0 Å². The molecule has 6 nitrogen and oxygen atoms in total. The first-order valence-electron chi connectivity index (χ1n) is 9.48. The summed E-state index contributed by atoms with van der Waals surface area (Å²) in [5, 5.41) is 0. The Labute approximate surface area is 158 Å². The fourth-order valence-corrected chi connectivity index (χ4v) is 3.50. The minimum Gasteiger partial charge on any atom is -0.423 e. The zero-order valence-corrected chi connectivity index (χ0v) is 15.7. The van der Waals surface area contributed by atoms with Crippen molar-refractivity contribution in [2.24, 2.45) is 10.9 Å². The maximum Gasteiger partial charge on any atom is 0.298 e. The molecule has 1 saturated heterocycles. The van der Waals surface area contributed by atoms with E-state index >= 15 is 0 Å². The molecule has 140 valence electrons. The van der Waals surface area contributed by atoms with Crippen LogP contribution < -0.4 is 10.4 Å². The first-order valence-corrected chi connectivity index (χ1v) is 9.48. The van der Waals surface area contributed by atoms with E-state index in [0.29, 0.717) is 6.01 Å². The Morgan fingerprint density at radius 3 is 2.63 bits per heavy atom. The van der Waals surface area contributed by atoms with Gasteiger partial charge in [0, 0.05) is 31.2 Å². The summed E-state index contributed by atoms with van der Waals surface area (Å²) in [4.78, 5) is 24.3. The summed E-state index contributed by atoms with van der Waals surface area (Å²) in [5.74, 6) is 0.103. The summed E-state index contributed by atoms with van der Waals surface area (Å²) in [6, 6.07) is 14.3. The van der Waals surface area contributed by atoms with Crippen LogP contribution in [0.5, 0.6) is 0 Å². The highest BCUT2D eigenvalue weighted by molar-refractivity contribution is 5.81. The average molecular weight is 364 g/mol. The van der Waals surface area contributed by atoms with Crippen molar-refractivity contribution < 1.29 is 9.21 Å². The Morgan fingerprint density at radius 1 is 1.15 bits per heavy atom. The van der Waals surface area contributed by atoms with E-state index in [0.717, 1.165) is 42.5 Å². The Hall–Kier alpha value is -2.89. The zero-order chi connectivity index (χ0) is 18.8. The van der Waals surface area contributed by atoms with E-state index in [9.17, 15) is 4.79 Å². The lowest BCUT2D eigenvalue weighted by molar-refractivity contribution is 0.0806. The molecule has 6 heteroatoms. The number of para-hydroxylation sites is 2. The maximum atomic E-state index is 13.0. The Kier molecular flexibility index (Phi) is 4.79. The van der Waals surface area contributed by atoms with Crippen molar-refractivity contribution in [3.8, 4) is 0 Å². The van der Waals surface area contributed by atoms with Gasteiger partial charge in [-0.25, -0.2) is 0 Å². The number of carbonyl (C=O) groups is 1. The number of aromatic nitrogens is 2. The van der Waals surface area contributed by atoms with Gasteiger partial charge in [-0.15, -0.1) is 0 Å². The average Bonchev–Trinajstić information content (AvgIpc) is 3.12. The smallest absolute Gasteiger partial charge is 0.298 e. The molecule has 2 aromatic heterocycles. The number of piperidine rings is 1. The van der Waals surface area contributed by atoms with Gasteiger partial charge in [0.05, 0.1) is 0 Å². The van der Waals surface area contributed by atoms with E-state index in [4.69, 9.17) is 4.42 Å². The number of benzene rings is 1. The summed E-state index contributed by atoms with van der Waals surface area (Å²) < 4.78 is 7.55. The van der Waals surface area contributed by atoms with Crippen LogP contribution in [-0.4, -0.2) is 34.6 Å². The molecule has 1 aromatic carbocycles. The summed E-state index contributed by atoms with van der Waals surface area (Å²) >= 11 is 0. The SMILES string of the molecule is CC(C)N=c1ccccn1C(=O)C1CCN(c2nc3ccccc3o2)CC1. The molecular weight excluding hydrogens is 340 g/mol. The van der Waals surface area contributed by atoms with Crippen LogP contribution in [0.2, 0.25) is 0 Å². The van der Waals surface area contributed by atoms with Crippen molar-refractivity contribution >= 4 is 23.0 Å². The number of rotatable bonds is 3. The van der Waals surface area contributed by atoms with E-state index in [1.165, 1.54) is 0 Å². The van der Waals surface area contributed by atoms with Crippen molar-refractivity contribution in [1.82, 2.24) is 9.55 Å². The number of hydrogen-bond acceptors (Lipinski definition) is 5. The third kappa shape index (κ3) is 3.65. The molecule has 1 aliphatic heterocycles. The van der Waals surface area contributed by atoms with Gasteiger partial charge in [0.15, 0.2) is 5.58 Å². The van der Waals surface area contributed by atoms with Crippen LogP contribution in [0.15, 0.2) is 58.1 Å². The van der Waals surface area contributed by atoms with Crippen LogP contribution in [0, 0.1) is 5.92 Å². The molecule has 1 fully saturated rings. The quantitative estimate of drug-likeness (QED) is 0.714. The highest BCUT2D eigenvalue weighted by Crippen LogP contribution is 2.26. The topological polar surface area (TPSA) is 63.6 Å². The highest BCUT2D eigenvalue weighted by atomic mass is 16.4. The molecule has 0 radical (unpaired) electrons.